The number of carboxylic acid groups (broad SMARTS) is 1. The number of hydrogen-bond donors (Lipinski definition) is 13. The van der Waals surface area contributed by atoms with E-state index in [1.807, 2.05) is 69.3 Å². The SMILES string of the molecule is CC[C@H](C)[C@H](NC(=O)[C@H](CCCCN)NC(=O)[C@H](Cc1c[nH]c2ccccc12)NC(=O)[C@@H](N)CCCCN)C(=O)N[C@@H](Cc1c[nH]c2ccccc12)C(=O)N[C@@H](CC(C)C)C(=O)N[C@@H](CCCCN)C(=O)O. The Morgan fingerprint density at radius 1 is 0.528 bits per heavy atom. The number of aliphatic carboxylic acids is 1. The standard InChI is InChI=1S/C52H80N12O8/c1-5-32(4)45(64-47(66)40(21-11-14-24-54)59-49(68)43(61-46(65)37(56)18-10-13-23-53)27-33-29-57-38-19-8-6-16-35(33)38)51(70)63-44(28-34-30-58-39-20-9-7-17-36(34)39)50(69)62-42(26-31(2)3)48(67)60-41(52(71)72)22-12-15-25-55/h6-9,16-17,19-20,29-32,37,40-45,57-58H,5,10-15,18,21-28,53-56H2,1-4H3,(H,59,68)(H,60,67)(H,61,65)(H,62,69)(H,63,70)(H,64,66)(H,71,72)/t32-,37-,40-,41-,42-,43-,44-,45-/m0/s1. The van der Waals surface area contributed by atoms with E-state index in [-0.39, 0.29) is 38.0 Å². The van der Waals surface area contributed by atoms with Crippen LogP contribution in [0.5, 0.6) is 0 Å². The molecule has 0 unspecified atom stereocenters. The summed E-state index contributed by atoms with van der Waals surface area (Å²) in [5.41, 5.74) is 26.5. The van der Waals surface area contributed by atoms with E-state index in [0.29, 0.717) is 76.6 Å². The van der Waals surface area contributed by atoms with Crippen LogP contribution in [0.4, 0.5) is 0 Å². The Morgan fingerprint density at radius 2 is 0.944 bits per heavy atom. The molecule has 2 aromatic heterocycles. The predicted octanol–water partition coefficient (Wildman–Crippen LogP) is 2.23. The van der Waals surface area contributed by atoms with E-state index in [1.165, 1.54) is 0 Å². The Bertz CT molecular complexity index is 2390. The topological polar surface area (TPSA) is 348 Å². The predicted molar refractivity (Wildman–Crippen MR) is 279 cm³/mol. The van der Waals surface area contributed by atoms with E-state index in [2.05, 4.69) is 41.9 Å². The zero-order valence-electron chi connectivity index (χ0n) is 42.4. The number of para-hydroxylation sites is 2. The highest BCUT2D eigenvalue weighted by atomic mass is 16.4. The van der Waals surface area contributed by atoms with E-state index in [1.54, 1.807) is 19.3 Å². The van der Waals surface area contributed by atoms with Crippen LogP contribution in [0.2, 0.25) is 0 Å². The number of unbranched alkanes of at least 4 members (excludes halogenated alkanes) is 3. The minimum atomic E-state index is -1.28. The van der Waals surface area contributed by atoms with Crippen LogP contribution >= 0.6 is 0 Å². The zero-order valence-corrected chi connectivity index (χ0v) is 42.4. The van der Waals surface area contributed by atoms with E-state index < -0.39 is 89.6 Å². The van der Waals surface area contributed by atoms with Gasteiger partial charge in [0.25, 0.3) is 0 Å². The fourth-order valence-electron chi connectivity index (χ4n) is 8.63. The highest BCUT2D eigenvalue weighted by molar-refractivity contribution is 5.98. The lowest BCUT2D eigenvalue weighted by Crippen LogP contribution is -2.61. The van der Waals surface area contributed by atoms with Crippen LogP contribution < -0.4 is 54.8 Å². The molecule has 72 heavy (non-hydrogen) atoms. The van der Waals surface area contributed by atoms with Gasteiger partial charge in [-0.25, -0.2) is 4.79 Å². The maximum absolute atomic E-state index is 14.7. The Balaban J connectivity index is 1.63. The van der Waals surface area contributed by atoms with Gasteiger partial charge in [0.1, 0.15) is 36.3 Å². The number of nitrogens with two attached hydrogens (primary N) is 4. The van der Waals surface area contributed by atoms with Gasteiger partial charge in [0.15, 0.2) is 0 Å². The number of amides is 6. The molecule has 0 bridgehead atoms. The Hall–Kier alpha value is -6.35. The van der Waals surface area contributed by atoms with Gasteiger partial charge in [-0.05, 0) is 113 Å². The number of hydrogen-bond acceptors (Lipinski definition) is 11. The molecule has 0 fully saturated rings. The van der Waals surface area contributed by atoms with Gasteiger partial charge in [0.2, 0.25) is 35.4 Å². The molecule has 4 rings (SSSR count). The maximum Gasteiger partial charge on any atom is 0.326 e. The van der Waals surface area contributed by atoms with Crippen molar-refractivity contribution in [3.63, 3.8) is 0 Å². The summed E-state index contributed by atoms with van der Waals surface area (Å²) in [6.07, 6.45) is 8.12. The number of aromatic amines is 2. The van der Waals surface area contributed by atoms with Crippen LogP contribution in [-0.4, -0.2) is 118 Å². The van der Waals surface area contributed by atoms with Crippen LogP contribution in [0, 0.1) is 11.8 Å². The summed E-state index contributed by atoms with van der Waals surface area (Å²) in [7, 11) is 0. The van der Waals surface area contributed by atoms with E-state index in [9.17, 15) is 38.7 Å². The molecule has 4 aromatic rings. The first kappa shape index (κ1) is 58.2. The molecule has 0 radical (unpaired) electrons. The molecule has 20 nitrogen and oxygen atoms in total. The fourth-order valence-corrected chi connectivity index (χ4v) is 8.63. The number of H-pyrrole nitrogens is 2. The van der Waals surface area contributed by atoms with Crippen molar-refractivity contribution in [3.05, 3.63) is 72.1 Å². The van der Waals surface area contributed by atoms with Crippen LogP contribution in [-0.2, 0) is 46.4 Å². The number of fused-ring (bicyclic) bond motifs is 2. The fraction of sp³-hybridized carbons (Fsp3) is 0.558. The number of aromatic nitrogens is 2. The quantitative estimate of drug-likeness (QED) is 0.0306. The first-order valence-corrected chi connectivity index (χ1v) is 25.5. The van der Waals surface area contributed by atoms with Gasteiger partial charge in [-0.15, -0.1) is 0 Å². The third-order valence-corrected chi connectivity index (χ3v) is 13.0. The molecule has 0 saturated carbocycles. The molecule has 2 aromatic carbocycles. The van der Waals surface area contributed by atoms with Gasteiger partial charge in [-0.3, -0.25) is 28.8 Å². The first-order chi connectivity index (χ1) is 34.5. The van der Waals surface area contributed by atoms with Crippen LogP contribution in [0.15, 0.2) is 60.9 Å². The molecule has 8 atom stereocenters. The smallest absolute Gasteiger partial charge is 0.326 e. The summed E-state index contributed by atoms with van der Waals surface area (Å²) in [5, 5.41) is 28.4. The van der Waals surface area contributed by atoms with Crippen molar-refractivity contribution in [2.45, 2.75) is 153 Å². The second-order valence-corrected chi connectivity index (χ2v) is 19.2. The number of nitrogens with one attached hydrogen (secondary N) is 8. The Morgan fingerprint density at radius 3 is 1.43 bits per heavy atom. The van der Waals surface area contributed by atoms with Gasteiger partial charge < -0.3 is 69.9 Å². The number of carbonyl (C=O) groups excluding carboxylic acids is 6. The van der Waals surface area contributed by atoms with Crippen molar-refractivity contribution in [3.8, 4) is 0 Å². The number of carbonyl (C=O) groups is 7. The highest BCUT2D eigenvalue weighted by Gasteiger charge is 2.36. The number of carboxylic acids is 1. The van der Waals surface area contributed by atoms with E-state index in [4.69, 9.17) is 22.9 Å². The molecule has 20 heteroatoms. The minimum Gasteiger partial charge on any atom is -0.480 e. The molecule has 0 spiro atoms. The lowest BCUT2D eigenvalue weighted by atomic mass is 9.96. The van der Waals surface area contributed by atoms with E-state index in [0.717, 1.165) is 27.4 Å². The lowest BCUT2D eigenvalue weighted by Gasteiger charge is -2.30. The summed E-state index contributed by atoms with van der Waals surface area (Å²) < 4.78 is 0. The molecule has 2 heterocycles. The van der Waals surface area contributed by atoms with Gasteiger partial charge in [-0.1, -0.05) is 76.9 Å². The Labute approximate surface area is 422 Å². The van der Waals surface area contributed by atoms with Crippen molar-refractivity contribution in [2.24, 2.45) is 34.8 Å². The third-order valence-electron chi connectivity index (χ3n) is 13.0. The molecule has 6 amide bonds. The third kappa shape index (κ3) is 17.7. The molecule has 17 N–H and O–H groups in total. The van der Waals surface area contributed by atoms with Crippen molar-refractivity contribution in [1.82, 2.24) is 41.9 Å². The van der Waals surface area contributed by atoms with Gasteiger partial charge in [-0.2, -0.15) is 0 Å². The van der Waals surface area contributed by atoms with Crippen LogP contribution in [0.25, 0.3) is 21.8 Å². The molecule has 0 saturated heterocycles. The second-order valence-electron chi connectivity index (χ2n) is 19.2. The first-order valence-electron chi connectivity index (χ1n) is 25.5. The van der Waals surface area contributed by atoms with Crippen molar-refractivity contribution >= 4 is 63.2 Å². The van der Waals surface area contributed by atoms with Gasteiger partial charge >= 0.3 is 5.97 Å². The summed E-state index contributed by atoms with van der Waals surface area (Å²) in [6, 6.07) is 6.92. The van der Waals surface area contributed by atoms with E-state index >= 15 is 0 Å². The van der Waals surface area contributed by atoms with Crippen LogP contribution in [0.3, 0.4) is 0 Å². The Kier molecular flexibility index (Phi) is 24.1. The maximum atomic E-state index is 14.7. The number of benzene rings is 2. The molecule has 0 aliphatic rings. The monoisotopic (exact) mass is 1000 g/mol. The summed E-state index contributed by atoms with van der Waals surface area (Å²) >= 11 is 0. The summed E-state index contributed by atoms with van der Waals surface area (Å²) in [6.45, 7) is 8.49. The average Bonchev–Trinajstić information content (AvgIpc) is 3.97. The highest BCUT2D eigenvalue weighted by Crippen LogP contribution is 2.22. The average molecular weight is 1000 g/mol. The molecule has 396 valence electrons. The normalized spacial score (nSPS) is 14.8. The van der Waals surface area contributed by atoms with Crippen LogP contribution in [0.1, 0.15) is 109 Å². The zero-order chi connectivity index (χ0) is 52.7. The minimum absolute atomic E-state index is 0.0202. The summed E-state index contributed by atoms with van der Waals surface area (Å²) in [4.78, 5) is 104. The molecule has 0 aliphatic heterocycles. The molecular weight excluding hydrogens is 921 g/mol. The van der Waals surface area contributed by atoms with Gasteiger partial charge in [0, 0.05) is 47.0 Å². The summed E-state index contributed by atoms with van der Waals surface area (Å²) in [5.74, 6) is -5.71. The van der Waals surface area contributed by atoms with Crippen molar-refractivity contribution in [2.75, 3.05) is 19.6 Å². The van der Waals surface area contributed by atoms with Crippen molar-refractivity contribution < 1.29 is 38.7 Å². The van der Waals surface area contributed by atoms with Gasteiger partial charge in [0.05, 0.1) is 6.04 Å². The largest absolute Gasteiger partial charge is 0.480 e. The van der Waals surface area contributed by atoms with Crippen molar-refractivity contribution in [1.29, 1.82) is 0 Å². The molecular formula is C52H80N12O8. The second kappa shape index (κ2) is 29.9. The molecule has 0 aliphatic carbocycles. The number of rotatable bonds is 33. The lowest BCUT2D eigenvalue weighted by molar-refractivity contribution is -0.142.